The number of nitrogens with one attached hydrogen (secondary N) is 1. The van der Waals surface area contributed by atoms with Gasteiger partial charge in [0.15, 0.2) is 0 Å². The number of carboxylic acids is 1. The first-order valence-corrected chi connectivity index (χ1v) is 5.79. The summed E-state index contributed by atoms with van der Waals surface area (Å²) in [6.45, 7) is 2.74. The van der Waals surface area contributed by atoms with Crippen molar-refractivity contribution in [2.24, 2.45) is 5.73 Å². The topological polar surface area (TPSA) is 119 Å². The Kier molecular flexibility index (Phi) is 8.17. The SMILES string of the molecule is CC(=O)O.CC(NC(=O)OCc1ccccc1)C(N)=O. The first kappa shape index (κ1) is 17.4. The van der Waals surface area contributed by atoms with E-state index in [0.717, 1.165) is 12.5 Å². The van der Waals surface area contributed by atoms with Gasteiger partial charge in [0.2, 0.25) is 5.91 Å². The lowest BCUT2D eigenvalue weighted by molar-refractivity contribution is -0.134. The molecule has 1 atom stereocenters. The predicted molar refractivity (Wildman–Crippen MR) is 71.7 cm³/mol. The molecule has 0 aromatic heterocycles. The third-order valence-corrected chi connectivity index (χ3v) is 1.97. The second-order valence-electron chi connectivity index (χ2n) is 3.85. The molecule has 0 saturated heterocycles. The molecule has 2 amide bonds. The molecule has 0 bridgehead atoms. The summed E-state index contributed by atoms with van der Waals surface area (Å²) >= 11 is 0. The number of carbonyl (C=O) groups excluding carboxylic acids is 2. The number of aliphatic carboxylic acids is 1. The lowest BCUT2D eigenvalue weighted by atomic mass is 10.2. The van der Waals surface area contributed by atoms with Crippen LogP contribution in [0, 0.1) is 0 Å². The minimum Gasteiger partial charge on any atom is -0.481 e. The van der Waals surface area contributed by atoms with Gasteiger partial charge in [0.25, 0.3) is 5.97 Å². The molecule has 20 heavy (non-hydrogen) atoms. The standard InChI is InChI=1S/C11H14N2O3.C2H4O2/c1-8(10(12)14)13-11(15)16-7-9-5-3-2-4-6-9;1-2(3)4/h2-6,8H,7H2,1H3,(H2,12,14)(H,13,15);1H3,(H,3,4). The van der Waals surface area contributed by atoms with E-state index in [4.69, 9.17) is 20.4 Å². The zero-order valence-corrected chi connectivity index (χ0v) is 11.3. The van der Waals surface area contributed by atoms with Crippen molar-refractivity contribution in [3.05, 3.63) is 35.9 Å². The molecule has 0 aliphatic heterocycles. The minimum absolute atomic E-state index is 0.165. The average molecular weight is 282 g/mol. The predicted octanol–water partition coefficient (Wildman–Crippen LogP) is 0.878. The number of amides is 2. The lowest BCUT2D eigenvalue weighted by Crippen LogP contribution is -2.42. The molecule has 0 aliphatic rings. The van der Waals surface area contributed by atoms with Crippen LogP contribution >= 0.6 is 0 Å². The van der Waals surface area contributed by atoms with Gasteiger partial charge < -0.3 is 20.9 Å². The molecule has 0 spiro atoms. The van der Waals surface area contributed by atoms with E-state index in [1.54, 1.807) is 0 Å². The summed E-state index contributed by atoms with van der Waals surface area (Å²) in [5, 5.41) is 9.73. The number of rotatable bonds is 4. The molecular formula is C13H18N2O5. The maximum Gasteiger partial charge on any atom is 0.408 e. The molecule has 7 heteroatoms. The second kappa shape index (κ2) is 9.37. The zero-order valence-electron chi connectivity index (χ0n) is 11.3. The highest BCUT2D eigenvalue weighted by Gasteiger charge is 2.12. The Morgan fingerprint density at radius 2 is 1.80 bits per heavy atom. The summed E-state index contributed by atoms with van der Waals surface area (Å²) in [4.78, 5) is 30.9. The van der Waals surface area contributed by atoms with Crippen LogP contribution in [0.4, 0.5) is 4.79 Å². The highest BCUT2D eigenvalue weighted by molar-refractivity contribution is 5.83. The smallest absolute Gasteiger partial charge is 0.408 e. The van der Waals surface area contributed by atoms with Crippen molar-refractivity contribution in [3.63, 3.8) is 0 Å². The van der Waals surface area contributed by atoms with Gasteiger partial charge in [0.1, 0.15) is 12.6 Å². The summed E-state index contributed by atoms with van der Waals surface area (Å²) in [5.74, 6) is -1.43. The Morgan fingerprint density at radius 1 is 1.30 bits per heavy atom. The van der Waals surface area contributed by atoms with Gasteiger partial charge in [-0.3, -0.25) is 9.59 Å². The number of hydrogen-bond acceptors (Lipinski definition) is 4. The number of hydrogen-bond donors (Lipinski definition) is 3. The fraction of sp³-hybridized carbons (Fsp3) is 0.308. The largest absolute Gasteiger partial charge is 0.481 e. The molecule has 0 aliphatic carbocycles. The third kappa shape index (κ3) is 9.46. The van der Waals surface area contributed by atoms with Crippen LogP contribution in [0.2, 0.25) is 0 Å². The van der Waals surface area contributed by atoms with Crippen LogP contribution in [0.5, 0.6) is 0 Å². The van der Waals surface area contributed by atoms with E-state index < -0.39 is 24.0 Å². The van der Waals surface area contributed by atoms with E-state index in [1.807, 2.05) is 30.3 Å². The fourth-order valence-corrected chi connectivity index (χ4v) is 1.01. The van der Waals surface area contributed by atoms with Gasteiger partial charge in [0, 0.05) is 6.92 Å². The van der Waals surface area contributed by atoms with Crippen LogP contribution in [0.15, 0.2) is 30.3 Å². The normalized spacial score (nSPS) is 10.5. The molecule has 0 saturated carbocycles. The first-order chi connectivity index (χ1) is 9.32. The van der Waals surface area contributed by atoms with Crippen LogP contribution in [0.3, 0.4) is 0 Å². The van der Waals surface area contributed by atoms with Gasteiger partial charge in [-0.15, -0.1) is 0 Å². The van der Waals surface area contributed by atoms with E-state index in [2.05, 4.69) is 5.32 Å². The number of alkyl carbamates (subject to hydrolysis) is 1. The Hall–Kier alpha value is -2.57. The van der Waals surface area contributed by atoms with Gasteiger partial charge >= 0.3 is 6.09 Å². The van der Waals surface area contributed by atoms with Crippen molar-refractivity contribution in [1.82, 2.24) is 5.32 Å². The molecule has 0 fully saturated rings. The Labute approximate surface area is 116 Å². The molecule has 0 heterocycles. The number of nitrogens with two attached hydrogens (primary N) is 1. The van der Waals surface area contributed by atoms with Crippen molar-refractivity contribution in [2.45, 2.75) is 26.5 Å². The summed E-state index contributed by atoms with van der Waals surface area (Å²) in [5.41, 5.74) is 5.86. The van der Waals surface area contributed by atoms with E-state index in [-0.39, 0.29) is 6.61 Å². The lowest BCUT2D eigenvalue weighted by Gasteiger charge is -2.10. The van der Waals surface area contributed by atoms with Crippen LogP contribution < -0.4 is 11.1 Å². The molecular weight excluding hydrogens is 264 g/mol. The van der Waals surface area contributed by atoms with E-state index >= 15 is 0 Å². The molecule has 1 aromatic carbocycles. The van der Waals surface area contributed by atoms with Crippen molar-refractivity contribution < 1.29 is 24.2 Å². The highest BCUT2D eigenvalue weighted by atomic mass is 16.5. The maximum atomic E-state index is 11.2. The average Bonchev–Trinajstić information content (AvgIpc) is 2.36. The molecule has 1 unspecified atom stereocenters. The van der Waals surface area contributed by atoms with Gasteiger partial charge in [-0.2, -0.15) is 0 Å². The van der Waals surface area contributed by atoms with Crippen LogP contribution in [0.1, 0.15) is 19.4 Å². The fourth-order valence-electron chi connectivity index (χ4n) is 1.01. The number of benzene rings is 1. The van der Waals surface area contributed by atoms with Crippen LogP contribution in [-0.4, -0.2) is 29.1 Å². The third-order valence-electron chi connectivity index (χ3n) is 1.97. The minimum atomic E-state index is -0.833. The summed E-state index contributed by atoms with van der Waals surface area (Å²) in [7, 11) is 0. The van der Waals surface area contributed by atoms with Gasteiger partial charge in [-0.1, -0.05) is 30.3 Å². The van der Waals surface area contributed by atoms with E-state index in [9.17, 15) is 9.59 Å². The number of carbonyl (C=O) groups is 3. The van der Waals surface area contributed by atoms with Crippen LogP contribution in [0.25, 0.3) is 0 Å². The number of primary amides is 1. The monoisotopic (exact) mass is 282 g/mol. The maximum absolute atomic E-state index is 11.2. The summed E-state index contributed by atoms with van der Waals surface area (Å²) < 4.78 is 4.89. The Balaban J connectivity index is 0.000000796. The first-order valence-electron chi connectivity index (χ1n) is 5.79. The van der Waals surface area contributed by atoms with Gasteiger partial charge in [0.05, 0.1) is 0 Å². The van der Waals surface area contributed by atoms with Crippen LogP contribution in [-0.2, 0) is 20.9 Å². The van der Waals surface area contributed by atoms with Crippen molar-refractivity contribution in [2.75, 3.05) is 0 Å². The molecule has 4 N–H and O–H groups in total. The number of ether oxygens (including phenoxy) is 1. The number of carboxylic acid groups (broad SMARTS) is 1. The van der Waals surface area contributed by atoms with Crippen molar-refractivity contribution >= 4 is 18.0 Å². The van der Waals surface area contributed by atoms with Crippen molar-refractivity contribution in [3.8, 4) is 0 Å². The highest BCUT2D eigenvalue weighted by Crippen LogP contribution is 2.00. The molecule has 1 rings (SSSR count). The molecule has 110 valence electrons. The molecule has 0 radical (unpaired) electrons. The molecule has 7 nitrogen and oxygen atoms in total. The second-order valence-corrected chi connectivity index (χ2v) is 3.85. The Morgan fingerprint density at radius 3 is 2.25 bits per heavy atom. The zero-order chi connectivity index (χ0) is 15.5. The quantitative estimate of drug-likeness (QED) is 0.757. The van der Waals surface area contributed by atoms with Gasteiger partial charge in [-0.05, 0) is 12.5 Å². The van der Waals surface area contributed by atoms with Crippen molar-refractivity contribution in [1.29, 1.82) is 0 Å². The summed E-state index contributed by atoms with van der Waals surface area (Å²) in [6, 6.07) is 8.52. The Bertz CT molecular complexity index is 443. The van der Waals surface area contributed by atoms with Gasteiger partial charge in [-0.25, -0.2) is 4.79 Å². The molecule has 1 aromatic rings. The summed E-state index contributed by atoms with van der Waals surface area (Å²) in [6.07, 6.45) is -0.657. The van der Waals surface area contributed by atoms with E-state index in [0.29, 0.717) is 0 Å². The van der Waals surface area contributed by atoms with E-state index in [1.165, 1.54) is 6.92 Å².